The van der Waals surface area contributed by atoms with Gasteiger partial charge >= 0.3 is 0 Å². The lowest BCUT2D eigenvalue weighted by Gasteiger charge is -2.44. The van der Waals surface area contributed by atoms with E-state index in [-0.39, 0.29) is 53.3 Å². The number of aliphatic hydroxyl groups excluding tert-OH is 3. The topological polar surface area (TPSA) is 209 Å². The van der Waals surface area contributed by atoms with E-state index in [1.165, 1.54) is 25.3 Å². The second-order valence-corrected chi connectivity index (χ2v) is 10.3. The van der Waals surface area contributed by atoms with E-state index in [0.29, 0.717) is 0 Å². The van der Waals surface area contributed by atoms with Crippen molar-refractivity contribution in [3.63, 3.8) is 0 Å². The Morgan fingerprint density at radius 2 is 1.82 bits per heavy atom. The van der Waals surface area contributed by atoms with Crippen molar-refractivity contribution in [2.75, 3.05) is 13.7 Å². The van der Waals surface area contributed by atoms with Crippen LogP contribution < -0.4 is 10.5 Å². The Morgan fingerprint density at radius 3 is 2.45 bits per heavy atom. The zero-order chi connectivity index (χ0) is 28.4. The molecule has 3 aliphatic rings. The molecule has 13 heteroatoms. The summed E-state index contributed by atoms with van der Waals surface area (Å²) in [6, 6.07) is 3.69. The smallest absolute Gasteiger partial charge is 0.202 e. The van der Waals surface area contributed by atoms with Crippen LogP contribution in [0, 0.1) is 0 Å². The van der Waals surface area contributed by atoms with E-state index in [0.717, 1.165) is 0 Å². The number of carbonyl (C=O) groups is 2. The molecule has 5 rings (SSSR count). The summed E-state index contributed by atoms with van der Waals surface area (Å²) in [5.74, 6) is -2.68. The molecule has 1 fully saturated rings. The molecule has 1 saturated heterocycles. The molecule has 0 aromatic heterocycles. The zero-order valence-electron chi connectivity index (χ0n) is 21.7. The molecule has 2 aromatic rings. The van der Waals surface area contributed by atoms with Crippen LogP contribution in [0.15, 0.2) is 18.2 Å². The minimum Gasteiger partial charge on any atom is -0.507 e. The average molecular weight is 582 g/mol. The Kier molecular flexibility index (Phi) is 8.20. The molecule has 40 heavy (non-hydrogen) atoms. The van der Waals surface area contributed by atoms with Crippen LogP contribution in [-0.4, -0.2) is 92.2 Å². The third kappa shape index (κ3) is 4.54. The van der Waals surface area contributed by atoms with Crippen LogP contribution in [0.2, 0.25) is 0 Å². The molecule has 0 bridgehead atoms. The fourth-order valence-electron chi connectivity index (χ4n) is 5.84. The van der Waals surface area contributed by atoms with Gasteiger partial charge < -0.3 is 50.6 Å². The van der Waals surface area contributed by atoms with Gasteiger partial charge in [-0.15, -0.1) is 12.4 Å². The summed E-state index contributed by atoms with van der Waals surface area (Å²) >= 11 is 0. The van der Waals surface area contributed by atoms with Crippen molar-refractivity contribution in [1.82, 2.24) is 0 Å². The third-order valence-electron chi connectivity index (χ3n) is 7.97. The normalized spacial score (nSPS) is 30.0. The molecule has 7 atom stereocenters. The number of nitrogens with two attached hydrogens (primary N) is 1. The molecule has 1 aliphatic heterocycles. The maximum atomic E-state index is 13.7. The first-order valence-corrected chi connectivity index (χ1v) is 12.6. The van der Waals surface area contributed by atoms with Gasteiger partial charge in [-0.2, -0.15) is 0 Å². The number of hydrogen-bond acceptors (Lipinski definition) is 12. The molecule has 2 aromatic carbocycles. The van der Waals surface area contributed by atoms with E-state index in [2.05, 4.69) is 0 Å². The van der Waals surface area contributed by atoms with Gasteiger partial charge in [-0.1, -0.05) is 12.1 Å². The molecule has 1 heterocycles. The number of methoxy groups -OCH3 is 1. The largest absolute Gasteiger partial charge is 0.507 e. The fraction of sp³-hybridized carbons (Fsp3) is 0.481. The zero-order valence-corrected chi connectivity index (χ0v) is 22.6. The summed E-state index contributed by atoms with van der Waals surface area (Å²) in [5, 5.41) is 64.4. The monoisotopic (exact) mass is 581 g/mol. The van der Waals surface area contributed by atoms with E-state index < -0.39 is 89.6 Å². The number of ether oxygens (including phenoxy) is 3. The second kappa shape index (κ2) is 10.9. The number of ketones is 2. The molecule has 8 N–H and O–H groups in total. The number of rotatable bonds is 5. The number of fused-ring (bicyclic) bond motifs is 3. The Bertz CT molecular complexity index is 1340. The molecule has 12 nitrogen and oxygen atoms in total. The quantitative estimate of drug-likeness (QED) is 0.202. The van der Waals surface area contributed by atoms with Gasteiger partial charge in [0.25, 0.3) is 0 Å². The number of benzene rings is 2. The molecule has 0 spiro atoms. The van der Waals surface area contributed by atoms with Crippen molar-refractivity contribution in [3.8, 4) is 17.2 Å². The van der Waals surface area contributed by atoms with Crippen molar-refractivity contribution >= 4 is 24.0 Å². The second-order valence-electron chi connectivity index (χ2n) is 10.3. The molecule has 2 aliphatic carbocycles. The molecule has 7 unspecified atom stereocenters. The number of aliphatic hydroxyl groups is 4. The summed E-state index contributed by atoms with van der Waals surface area (Å²) in [4.78, 5) is 27.2. The van der Waals surface area contributed by atoms with Crippen LogP contribution in [0.5, 0.6) is 17.2 Å². The highest BCUT2D eigenvalue weighted by Gasteiger charge is 2.50. The van der Waals surface area contributed by atoms with Crippen LogP contribution in [-0.2, 0) is 15.9 Å². The number of hydrogen-bond donors (Lipinski definition) is 7. The van der Waals surface area contributed by atoms with Crippen LogP contribution in [0.1, 0.15) is 68.8 Å². The number of phenolic OH excluding ortho intramolecular Hbond substituents is 2. The number of halogens is 1. The lowest BCUT2D eigenvalue weighted by molar-refractivity contribution is -0.251. The van der Waals surface area contributed by atoms with E-state index in [1.807, 2.05) is 0 Å². The summed E-state index contributed by atoms with van der Waals surface area (Å²) in [6.45, 7) is 0.768. The number of aromatic hydroxyl groups is 2. The SMILES string of the molecule is COc1cccc2c1C(=O)c1c(O)c3c(c(O)c1C2=O)CC(O)(C(O)CO)CC3OC1CC(N)C(O)C(C)O1.Cl. The Hall–Kier alpha value is -2.81. The van der Waals surface area contributed by atoms with Crippen molar-refractivity contribution in [2.24, 2.45) is 5.73 Å². The predicted octanol–water partition coefficient (Wildman–Crippen LogP) is 0.215. The first-order chi connectivity index (χ1) is 18.4. The predicted molar refractivity (Wildman–Crippen MR) is 140 cm³/mol. The van der Waals surface area contributed by atoms with Gasteiger partial charge in [-0.25, -0.2) is 0 Å². The molecule has 0 amide bonds. The van der Waals surface area contributed by atoms with Gasteiger partial charge in [0.2, 0.25) is 5.78 Å². The Morgan fingerprint density at radius 1 is 1.15 bits per heavy atom. The number of carbonyl (C=O) groups excluding carboxylic acids is 2. The highest BCUT2D eigenvalue weighted by Crippen LogP contribution is 2.52. The summed E-state index contributed by atoms with van der Waals surface area (Å²) in [5.41, 5.74) is 2.77. The first kappa shape index (κ1) is 30.2. The van der Waals surface area contributed by atoms with Gasteiger partial charge in [-0.3, -0.25) is 9.59 Å². The minimum absolute atomic E-state index is 0. The Labute approximate surface area is 235 Å². The van der Waals surface area contributed by atoms with Gasteiger partial charge in [0, 0.05) is 42.0 Å². The maximum absolute atomic E-state index is 13.7. The van der Waals surface area contributed by atoms with Gasteiger partial charge in [0.05, 0.1) is 54.3 Å². The van der Waals surface area contributed by atoms with Crippen LogP contribution in [0.4, 0.5) is 0 Å². The van der Waals surface area contributed by atoms with E-state index in [4.69, 9.17) is 19.9 Å². The third-order valence-corrected chi connectivity index (χ3v) is 7.97. The summed E-state index contributed by atoms with van der Waals surface area (Å²) in [6.07, 6.45) is -6.45. The molecule has 218 valence electrons. The van der Waals surface area contributed by atoms with Crippen molar-refractivity contribution < 1.29 is 54.4 Å². The van der Waals surface area contributed by atoms with E-state index in [9.17, 15) is 40.2 Å². The molecule has 0 saturated carbocycles. The van der Waals surface area contributed by atoms with Crippen molar-refractivity contribution in [3.05, 3.63) is 51.6 Å². The summed E-state index contributed by atoms with van der Waals surface area (Å²) in [7, 11) is 1.33. The van der Waals surface area contributed by atoms with Gasteiger partial charge in [-0.05, 0) is 13.0 Å². The number of phenols is 2. The minimum atomic E-state index is -2.05. The lowest BCUT2D eigenvalue weighted by atomic mass is 9.71. The van der Waals surface area contributed by atoms with Crippen LogP contribution in [0.25, 0.3) is 0 Å². The Balaban J connectivity index is 0.00000370. The highest BCUT2D eigenvalue weighted by atomic mass is 35.5. The van der Waals surface area contributed by atoms with E-state index >= 15 is 0 Å². The van der Waals surface area contributed by atoms with Crippen molar-refractivity contribution in [2.45, 2.75) is 68.5 Å². The molecule has 0 radical (unpaired) electrons. The molecular formula is C27H32ClNO11. The van der Waals surface area contributed by atoms with Gasteiger partial charge in [0.15, 0.2) is 12.1 Å². The lowest BCUT2D eigenvalue weighted by Crippen LogP contribution is -2.53. The van der Waals surface area contributed by atoms with Gasteiger partial charge in [0.1, 0.15) is 23.4 Å². The van der Waals surface area contributed by atoms with Crippen molar-refractivity contribution in [1.29, 1.82) is 0 Å². The summed E-state index contributed by atoms with van der Waals surface area (Å²) < 4.78 is 17.1. The average Bonchev–Trinajstić information content (AvgIpc) is 2.90. The standard InChI is InChI=1S/C27H31NO11.ClH/c1-10-22(31)13(28)6-17(38-10)39-15-8-27(36,16(30)9-29)7-12-19(15)26(35)21-20(24(12)33)23(32)11-4-3-5-14(37-2)18(11)25(21)34;/h3-5,10,13,15-17,22,29-31,33,35-36H,6-9,28H2,1-2H3;1H. The maximum Gasteiger partial charge on any atom is 0.202 e. The highest BCUT2D eigenvalue weighted by molar-refractivity contribution is 6.31. The van der Waals surface area contributed by atoms with Crippen LogP contribution >= 0.6 is 12.4 Å². The first-order valence-electron chi connectivity index (χ1n) is 12.6. The van der Waals surface area contributed by atoms with E-state index in [1.54, 1.807) is 6.92 Å². The molecular weight excluding hydrogens is 550 g/mol. The van der Waals surface area contributed by atoms with Crippen LogP contribution in [0.3, 0.4) is 0 Å². The fourth-order valence-corrected chi connectivity index (χ4v) is 5.84.